The molecule has 8 heteroatoms. The third-order valence-electron chi connectivity index (χ3n) is 9.68. The van der Waals surface area contributed by atoms with Gasteiger partial charge >= 0.3 is 6.03 Å². The monoisotopic (exact) mass is 574 g/mol. The third kappa shape index (κ3) is 6.19. The first kappa shape index (κ1) is 28.3. The van der Waals surface area contributed by atoms with Crippen molar-refractivity contribution >= 4 is 29.5 Å². The molecule has 0 bridgehead atoms. The van der Waals surface area contributed by atoms with Crippen LogP contribution in [0.5, 0.6) is 0 Å². The highest BCUT2D eigenvalue weighted by Gasteiger charge is 2.44. The van der Waals surface area contributed by atoms with E-state index < -0.39 is 0 Å². The van der Waals surface area contributed by atoms with Crippen molar-refractivity contribution in [3.63, 3.8) is 0 Å². The fourth-order valence-electron chi connectivity index (χ4n) is 7.42. The molecular formula is C33H42N4O3S. The molecule has 3 fully saturated rings. The number of fused-ring (bicyclic) bond motifs is 2. The Bertz CT molecular complexity index is 1250. The third-order valence-corrected chi connectivity index (χ3v) is 11.2. The second-order valence-electron chi connectivity index (χ2n) is 12.3. The number of unbranched alkanes of at least 4 members (excludes halogenated alkanes) is 1. The molecule has 0 spiro atoms. The lowest BCUT2D eigenvalue weighted by atomic mass is 9.81. The van der Waals surface area contributed by atoms with E-state index in [-0.39, 0.29) is 53.7 Å². The molecule has 7 nitrogen and oxygen atoms in total. The molecule has 41 heavy (non-hydrogen) atoms. The molecule has 2 aliphatic heterocycles. The molecule has 2 heterocycles. The van der Waals surface area contributed by atoms with E-state index in [1.54, 1.807) is 0 Å². The fourth-order valence-corrected chi connectivity index (χ4v) is 8.97. The van der Waals surface area contributed by atoms with Gasteiger partial charge in [-0.1, -0.05) is 67.9 Å². The minimum Gasteiger partial charge on any atom is -0.353 e. The molecule has 6 atom stereocenters. The van der Waals surface area contributed by atoms with Crippen molar-refractivity contribution in [1.82, 2.24) is 21.3 Å². The lowest BCUT2D eigenvalue weighted by molar-refractivity contribution is -0.122. The Balaban J connectivity index is 0.964. The number of Topliss-reactive ketones (excluding diaryl/α,β-unsaturated/α-hetero) is 1. The van der Waals surface area contributed by atoms with E-state index in [1.165, 1.54) is 5.56 Å². The molecule has 0 radical (unpaired) electrons. The van der Waals surface area contributed by atoms with E-state index in [4.69, 9.17) is 0 Å². The maximum Gasteiger partial charge on any atom is 0.315 e. The molecule has 6 rings (SSSR count). The molecule has 218 valence electrons. The summed E-state index contributed by atoms with van der Waals surface area (Å²) < 4.78 is 0. The minimum absolute atomic E-state index is 0.00620. The minimum atomic E-state index is -0.123. The molecule has 4 aliphatic rings. The number of hydrogen-bond donors (Lipinski definition) is 4. The van der Waals surface area contributed by atoms with Crippen LogP contribution in [0.25, 0.3) is 0 Å². The average molecular weight is 575 g/mol. The normalized spacial score (nSPS) is 31.2. The Morgan fingerprint density at radius 3 is 2.49 bits per heavy atom. The van der Waals surface area contributed by atoms with Crippen molar-refractivity contribution in [2.75, 3.05) is 5.75 Å². The van der Waals surface area contributed by atoms with E-state index in [0.29, 0.717) is 17.7 Å². The maximum absolute atomic E-state index is 13.6. The van der Waals surface area contributed by atoms with Gasteiger partial charge in [-0.25, -0.2) is 4.79 Å². The van der Waals surface area contributed by atoms with Crippen molar-refractivity contribution in [2.45, 2.75) is 99.7 Å². The van der Waals surface area contributed by atoms with Crippen LogP contribution < -0.4 is 21.3 Å². The van der Waals surface area contributed by atoms with E-state index in [1.807, 2.05) is 48.2 Å². The van der Waals surface area contributed by atoms with Crippen LogP contribution in [0.1, 0.15) is 91.7 Å². The van der Waals surface area contributed by atoms with E-state index in [2.05, 4.69) is 46.4 Å². The van der Waals surface area contributed by atoms with Crippen LogP contribution in [0.2, 0.25) is 0 Å². The van der Waals surface area contributed by atoms with Crippen LogP contribution in [0.15, 0.2) is 54.6 Å². The van der Waals surface area contributed by atoms with Gasteiger partial charge in [0.1, 0.15) is 0 Å². The number of hydrogen-bond acceptors (Lipinski definition) is 5. The Morgan fingerprint density at radius 1 is 0.951 bits per heavy atom. The van der Waals surface area contributed by atoms with Crippen LogP contribution in [0.3, 0.4) is 0 Å². The summed E-state index contributed by atoms with van der Waals surface area (Å²) in [7, 11) is 0. The van der Waals surface area contributed by atoms with Gasteiger partial charge in [-0.2, -0.15) is 11.8 Å². The molecule has 2 saturated heterocycles. The molecular weight excluding hydrogens is 532 g/mol. The number of urea groups is 1. The molecule has 3 amide bonds. The van der Waals surface area contributed by atoms with Crippen molar-refractivity contribution in [2.24, 2.45) is 5.92 Å². The molecule has 4 N–H and O–H groups in total. The Kier molecular flexibility index (Phi) is 8.68. The van der Waals surface area contributed by atoms with Gasteiger partial charge in [0.25, 0.3) is 0 Å². The van der Waals surface area contributed by atoms with Gasteiger partial charge in [0, 0.05) is 47.0 Å². The maximum atomic E-state index is 13.6. The van der Waals surface area contributed by atoms with Gasteiger partial charge < -0.3 is 21.3 Å². The SMILES string of the molecule is CC(c1ccccc1)C1C(=O)c2ccccc2C1NC1CCC(NC(=O)CCCC[C@@H]2SC[C@@H]3NC(=O)N[C@@H]32)CC1. The zero-order valence-corrected chi connectivity index (χ0v) is 24.6. The predicted molar refractivity (Wildman–Crippen MR) is 163 cm³/mol. The molecule has 2 aromatic rings. The van der Waals surface area contributed by atoms with Crippen LogP contribution in [-0.2, 0) is 4.79 Å². The first-order valence-corrected chi connectivity index (χ1v) is 16.4. The number of nitrogens with one attached hydrogen (secondary N) is 4. The number of amides is 3. The van der Waals surface area contributed by atoms with Crippen LogP contribution >= 0.6 is 11.8 Å². The Morgan fingerprint density at radius 2 is 1.68 bits per heavy atom. The number of carbonyl (C=O) groups is 3. The lowest BCUT2D eigenvalue weighted by Gasteiger charge is -2.34. The number of thioether (sulfide) groups is 1. The summed E-state index contributed by atoms with van der Waals surface area (Å²) in [5, 5.41) is 13.7. The average Bonchev–Trinajstić information content (AvgIpc) is 3.63. The summed E-state index contributed by atoms with van der Waals surface area (Å²) in [6.07, 6.45) is 7.39. The summed E-state index contributed by atoms with van der Waals surface area (Å²) >= 11 is 1.93. The Hall–Kier alpha value is -2.84. The Labute approximate surface area is 247 Å². The molecule has 3 unspecified atom stereocenters. The highest BCUT2D eigenvalue weighted by atomic mass is 32.2. The number of carbonyl (C=O) groups excluding carboxylic acids is 3. The fraction of sp³-hybridized carbons (Fsp3) is 0.545. The second-order valence-corrected chi connectivity index (χ2v) is 13.6. The van der Waals surface area contributed by atoms with Crippen molar-refractivity contribution < 1.29 is 14.4 Å². The summed E-state index contributed by atoms with van der Waals surface area (Å²) in [5.74, 6) is 1.36. The number of ketones is 1. The first-order valence-electron chi connectivity index (χ1n) is 15.4. The molecule has 2 aromatic carbocycles. The number of benzene rings is 2. The van der Waals surface area contributed by atoms with Gasteiger partial charge in [-0.3, -0.25) is 9.59 Å². The van der Waals surface area contributed by atoms with Gasteiger partial charge in [-0.15, -0.1) is 0 Å². The van der Waals surface area contributed by atoms with E-state index in [0.717, 1.165) is 61.8 Å². The summed E-state index contributed by atoms with van der Waals surface area (Å²) in [6.45, 7) is 2.18. The largest absolute Gasteiger partial charge is 0.353 e. The molecule has 0 aromatic heterocycles. The molecule has 2 aliphatic carbocycles. The topological polar surface area (TPSA) is 99.3 Å². The van der Waals surface area contributed by atoms with Gasteiger partial charge in [-0.05, 0) is 55.6 Å². The molecule has 1 saturated carbocycles. The smallest absolute Gasteiger partial charge is 0.315 e. The number of rotatable bonds is 10. The predicted octanol–water partition coefficient (Wildman–Crippen LogP) is 5.09. The van der Waals surface area contributed by atoms with Gasteiger partial charge in [0.15, 0.2) is 5.78 Å². The highest BCUT2D eigenvalue weighted by molar-refractivity contribution is 8.00. The van der Waals surface area contributed by atoms with E-state index in [9.17, 15) is 14.4 Å². The van der Waals surface area contributed by atoms with Crippen LogP contribution in [0, 0.1) is 5.92 Å². The van der Waals surface area contributed by atoms with Gasteiger partial charge in [0.2, 0.25) is 5.91 Å². The summed E-state index contributed by atoms with van der Waals surface area (Å²) in [6, 6.07) is 19.5. The highest BCUT2D eigenvalue weighted by Crippen LogP contribution is 2.44. The lowest BCUT2D eigenvalue weighted by Crippen LogP contribution is -2.44. The van der Waals surface area contributed by atoms with Crippen LogP contribution in [0.4, 0.5) is 4.79 Å². The summed E-state index contributed by atoms with van der Waals surface area (Å²) in [5.41, 5.74) is 3.18. The first-order chi connectivity index (χ1) is 20.0. The second kappa shape index (κ2) is 12.6. The van der Waals surface area contributed by atoms with Crippen molar-refractivity contribution in [3.8, 4) is 0 Å². The van der Waals surface area contributed by atoms with E-state index >= 15 is 0 Å². The zero-order valence-electron chi connectivity index (χ0n) is 23.8. The van der Waals surface area contributed by atoms with Crippen molar-refractivity contribution in [1.29, 1.82) is 0 Å². The summed E-state index contributed by atoms with van der Waals surface area (Å²) in [4.78, 5) is 37.8. The quantitative estimate of drug-likeness (QED) is 0.234. The standard InChI is InChI=1S/C33H42N4O3S/c1-20(21-9-3-2-4-10-21)29-30(24-11-5-6-12-25(24)32(29)39)35-23-17-15-22(16-18-23)34-28(38)14-8-7-13-27-31-26(19-41-27)36-33(40)37-31/h2-6,9-12,20,22-23,26-27,29-31,35H,7-8,13-19H2,1H3,(H,34,38)(H2,36,37,40)/t20?,22?,23?,26-,27-,29?,30?,31-/m0/s1. The van der Waals surface area contributed by atoms with Crippen LogP contribution in [-0.4, -0.2) is 52.9 Å². The van der Waals surface area contributed by atoms with Gasteiger partial charge in [0.05, 0.1) is 12.1 Å². The zero-order chi connectivity index (χ0) is 28.3. The van der Waals surface area contributed by atoms with Crippen molar-refractivity contribution in [3.05, 3.63) is 71.3 Å².